The zero-order valence-electron chi connectivity index (χ0n) is 6.36. The van der Waals surface area contributed by atoms with Gasteiger partial charge in [0, 0.05) is 17.4 Å². The first-order chi connectivity index (χ1) is 5.55. The molecule has 1 saturated carbocycles. The standard InChI is InChI=1S/C7H9F3O2/c8-7(9)3-1-5(2-4-7)6(11)12-10/h5H,1-4H2. The molecule has 0 bridgehead atoms. The van der Waals surface area contributed by atoms with Gasteiger partial charge in [-0.2, -0.15) is 0 Å². The van der Waals surface area contributed by atoms with Crippen molar-refractivity contribution in [1.82, 2.24) is 0 Å². The van der Waals surface area contributed by atoms with Crippen molar-refractivity contribution in [2.75, 3.05) is 0 Å². The van der Waals surface area contributed by atoms with Gasteiger partial charge in [-0.25, -0.2) is 13.6 Å². The van der Waals surface area contributed by atoms with Crippen LogP contribution in [0.4, 0.5) is 13.3 Å². The number of hydrogen-bond donors (Lipinski definition) is 0. The maximum atomic E-state index is 12.5. The van der Waals surface area contributed by atoms with Crippen LogP contribution in [0.1, 0.15) is 25.7 Å². The molecule has 0 N–H and O–H groups in total. The largest absolute Gasteiger partial charge is 0.351 e. The molecule has 1 rings (SSSR count). The van der Waals surface area contributed by atoms with Crippen LogP contribution in [0.5, 0.6) is 0 Å². The molecule has 2 nitrogen and oxygen atoms in total. The van der Waals surface area contributed by atoms with E-state index in [0.29, 0.717) is 0 Å². The van der Waals surface area contributed by atoms with Crippen LogP contribution >= 0.6 is 0 Å². The molecule has 1 aliphatic rings. The summed E-state index contributed by atoms with van der Waals surface area (Å²) < 4.78 is 36.3. The topological polar surface area (TPSA) is 26.3 Å². The van der Waals surface area contributed by atoms with Crippen molar-refractivity contribution >= 4 is 5.97 Å². The molecule has 0 atom stereocenters. The lowest BCUT2D eigenvalue weighted by Gasteiger charge is -2.25. The van der Waals surface area contributed by atoms with Gasteiger partial charge in [-0.05, 0) is 12.8 Å². The first kappa shape index (κ1) is 9.35. The van der Waals surface area contributed by atoms with Crippen molar-refractivity contribution in [2.45, 2.75) is 31.6 Å². The molecule has 0 amide bonds. The number of halogens is 3. The highest BCUT2D eigenvalue weighted by Gasteiger charge is 2.38. The van der Waals surface area contributed by atoms with E-state index in [4.69, 9.17) is 0 Å². The molecule has 0 unspecified atom stereocenters. The second-order valence-corrected chi connectivity index (χ2v) is 3.03. The van der Waals surface area contributed by atoms with E-state index in [0.717, 1.165) is 0 Å². The Morgan fingerprint density at radius 2 is 1.83 bits per heavy atom. The lowest BCUT2D eigenvalue weighted by Crippen LogP contribution is -2.28. The summed E-state index contributed by atoms with van der Waals surface area (Å²) in [5.41, 5.74) is 0. The molecule has 12 heavy (non-hydrogen) atoms. The normalized spacial score (nSPS) is 23.6. The fraction of sp³-hybridized carbons (Fsp3) is 0.857. The van der Waals surface area contributed by atoms with Crippen molar-refractivity contribution in [2.24, 2.45) is 5.92 Å². The van der Waals surface area contributed by atoms with Crippen LogP contribution in [0.2, 0.25) is 0 Å². The molecule has 0 radical (unpaired) electrons. The monoisotopic (exact) mass is 182 g/mol. The van der Waals surface area contributed by atoms with Crippen molar-refractivity contribution < 1.29 is 23.0 Å². The minimum Gasteiger partial charge on any atom is -0.255 e. The smallest absolute Gasteiger partial charge is 0.255 e. The molecule has 1 fully saturated rings. The Balaban J connectivity index is 2.41. The molecule has 0 spiro atoms. The van der Waals surface area contributed by atoms with E-state index >= 15 is 0 Å². The summed E-state index contributed by atoms with van der Waals surface area (Å²) >= 11 is 0. The van der Waals surface area contributed by atoms with Crippen LogP contribution in [0.15, 0.2) is 0 Å². The van der Waals surface area contributed by atoms with Crippen LogP contribution in [0.3, 0.4) is 0 Å². The lowest BCUT2D eigenvalue weighted by molar-refractivity contribution is -0.192. The average molecular weight is 182 g/mol. The van der Waals surface area contributed by atoms with E-state index in [-0.39, 0.29) is 25.7 Å². The SMILES string of the molecule is O=C(OF)C1CCC(F)(F)CC1. The fourth-order valence-corrected chi connectivity index (χ4v) is 1.34. The highest BCUT2D eigenvalue weighted by Crippen LogP contribution is 2.36. The second-order valence-electron chi connectivity index (χ2n) is 3.03. The average Bonchev–Trinajstić information content (AvgIpc) is 2.03. The summed E-state index contributed by atoms with van der Waals surface area (Å²) in [5, 5.41) is 0. The van der Waals surface area contributed by atoms with Gasteiger partial charge in [-0.1, -0.05) is 0 Å². The Labute approximate surface area is 67.6 Å². The van der Waals surface area contributed by atoms with Gasteiger partial charge in [-0.3, -0.25) is 4.94 Å². The van der Waals surface area contributed by atoms with E-state index in [1.807, 2.05) is 0 Å². The van der Waals surface area contributed by atoms with Crippen LogP contribution in [-0.4, -0.2) is 11.9 Å². The molecule has 0 aromatic heterocycles. The van der Waals surface area contributed by atoms with Gasteiger partial charge in [-0.15, -0.1) is 0 Å². The van der Waals surface area contributed by atoms with Gasteiger partial charge >= 0.3 is 5.97 Å². The molecule has 0 aliphatic heterocycles. The fourth-order valence-electron chi connectivity index (χ4n) is 1.34. The van der Waals surface area contributed by atoms with E-state index in [1.165, 1.54) is 0 Å². The van der Waals surface area contributed by atoms with Crippen molar-refractivity contribution in [3.8, 4) is 0 Å². The van der Waals surface area contributed by atoms with Crippen LogP contribution in [-0.2, 0) is 9.74 Å². The van der Waals surface area contributed by atoms with E-state index in [1.54, 1.807) is 0 Å². The molecular formula is C7H9F3O2. The lowest BCUT2D eigenvalue weighted by atomic mass is 9.87. The molecule has 0 heterocycles. The van der Waals surface area contributed by atoms with Crippen LogP contribution < -0.4 is 0 Å². The van der Waals surface area contributed by atoms with Crippen molar-refractivity contribution in [3.05, 3.63) is 0 Å². The summed E-state index contributed by atoms with van der Waals surface area (Å²) in [4.78, 5) is 13.5. The van der Waals surface area contributed by atoms with E-state index < -0.39 is 17.8 Å². The first-order valence-electron chi connectivity index (χ1n) is 3.75. The zero-order chi connectivity index (χ0) is 9.19. The summed E-state index contributed by atoms with van der Waals surface area (Å²) in [5.74, 6) is -4.40. The number of alkyl halides is 2. The Morgan fingerprint density at radius 1 is 1.33 bits per heavy atom. The van der Waals surface area contributed by atoms with Crippen molar-refractivity contribution in [1.29, 1.82) is 0 Å². The van der Waals surface area contributed by atoms with Gasteiger partial charge in [0.25, 0.3) is 0 Å². The number of carbonyl (C=O) groups excluding carboxylic acids is 1. The minimum atomic E-state index is -2.69. The van der Waals surface area contributed by atoms with Gasteiger partial charge in [0.2, 0.25) is 5.92 Å². The highest BCUT2D eigenvalue weighted by molar-refractivity contribution is 5.71. The van der Waals surface area contributed by atoms with Crippen molar-refractivity contribution in [3.63, 3.8) is 0 Å². The second kappa shape index (κ2) is 3.33. The van der Waals surface area contributed by atoms with Gasteiger partial charge < -0.3 is 0 Å². The molecule has 5 heteroatoms. The van der Waals surface area contributed by atoms with Gasteiger partial charge in [0.15, 0.2) is 0 Å². The third-order valence-corrected chi connectivity index (χ3v) is 2.13. The molecule has 0 aromatic carbocycles. The summed E-state index contributed by atoms with van der Waals surface area (Å²) in [6, 6.07) is 0. The summed E-state index contributed by atoms with van der Waals surface area (Å²) in [6.45, 7) is 0. The summed E-state index contributed by atoms with van der Waals surface area (Å²) in [7, 11) is 0. The molecule has 1 aliphatic carbocycles. The van der Waals surface area contributed by atoms with Gasteiger partial charge in [0.05, 0.1) is 5.92 Å². The van der Waals surface area contributed by atoms with E-state index in [9.17, 15) is 18.1 Å². The highest BCUT2D eigenvalue weighted by atomic mass is 19.3. The molecular weight excluding hydrogens is 173 g/mol. The summed E-state index contributed by atoms with van der Waals surface area (Å²) in [6.07, 6.45) is -0.689. The Morgan fingerprint density at radius 3 is 2.25 bits per heavy atom. The third-order valence-electron chi connectivity index (χ3n) is 2.13. The molecule has 0 saturated heterocycles. The minimum absolute atomic E-state index is 0.00968. The quantitative estimate of drug-likeness (QED) is 0.621. The third kappa shape index (κ3) is 2.12. The Kier molecular flexibility index (Phi) is 2.59. The molecule has 70 valence electrons. The van der Waals surface area contributed by atoms with Crippen LogP contribution in [0, 0.1) is 5.92 Å². The van der Waals surface area contributed by atoms with Gasteiger partial charge in [0.1, 0.15) is 0 Å². The first-order valence-corrected chi connectivity index (χ1v) is 3.75. The zero-order valence-corrected chi connectivity index (χ0v) is 6.36. The maximum Gasteiger partial charge on any atom is 0.351 e. The van der Waals surface area contributed by atoms with E-state index in [2.05, 4.69) is 4.94 Å². The Hall–Kier alpha value is -0.740. The Bertz CT molecular complexity index is 171. The number of carbonyl (C=O) groups is 1. The maximum absolute atomic E-state index is 12.5. The number of hydrogen-bond acceptors (Lipinski definition) is 2. The van der Waals surface area contributed by atoms with Crippen LogP contribution in [0.25, 0.3) is 0 Å². The number of rotatable bonds is 1. The predicted molar refractivity (Wildman–Crippen MR) is 34.1 cm³/mol. The molecule has 0 aromatic rings. The predicted octanol–water partition coefficient (Wildman–Crippen LogP) is 2.24.